The summed E-state index contributed by atoms with van der Waals surface area (Å²) in [5.74, 6) is 0.593. The molecule has 1 atom stereocenters. The van der Waals surface area contributed by atoms with Crippen LogP contribution < -0.4 is 0 Å². The summed E-state index contributed by atoms with van der Waals surface area (Å²) < 4.78 is 7.39. The number of rotatable bonds is 7. The van der Waals surface area contributed by atoms with Gasteiger partial charge in [-0.2, -0.15) is 0 Å². The van der Waals surface area contributed by atoms with Gasteiger partial charge in [-0.3, -0.25) is 0 Å². The van der Waals surface area contributed by atoms with Crippen LogP contribution in [0.25, 0.3) is 0 Å². The quantitative estimate of drug-likeness (QED) is 0.792. The van der Waals surface area contributed by atoms with Crippen molar-refractivity contribution in [1.29, 1.82) is 0 Å². The molecule has 6 heteroatoms. The third-order valence-electron chi connectivity index (χ3n) is 2.32. The molecule has 0 fully saturated rings. The Kier molecular flexibility index (Phi) is 5.25. The molecule has 1 N–H and O–H groups in total. The van der Waals surface area contributed by atoms with Crippen LogP contribution in [0.3, 0.4) is 0 Å². The zero-order valence-corrected chi connectivity index (χ0v) is 11.8. The number of imidazole rings is 1. The predicted octanol–water partition coefficient (Wildman–Crippen LogP) is 2.15. The highest BCUT2D eigenvalue weighted by atomic mass is 32.2. The molecule has 0 aliphatic heterocycles. The van der Waals surface area contributed by atoms with Gasteiger partial charge >= 0.3 is 0 Å². The number of aromatic nitrogens is 2. The van der Waals surface area contributed by atoms with Gasteiger partial charge in [0.15, 0.2) is 5.16 Å². The lowest BCUT2D eigenvalue weighted by atomic mass is 10.4. The van der Waals surface area contributed by atoms with Gasteiger partial charge in [-0.05, 0) is 11.4 Å². The highest BCUT2D eigenvalue weighted by molar-refractivity contribution is 7.99. The van der Waals surface area contributed by atoms with Crippen LogP contribution in [0.15, 0.2) is 35.1 Å². The highest BCUT2D eigenvalue weighted by Gasteiger charge is 2.08. The van der Waals surface area contributed by atoms with E-state index in [-0.39, 0.29) is 0 Å². The molecule has 0 amide bonds. The van der Waals surface area contributed by atoms with Gasteiger partial charge < -0.3 is 14.4 Å². The van der Waals surface area contributed by atoms with Crippen molar-refractivity contribution in [3.8, 4) is 0 Å². The molecular formula is C12H16N2O2S2. The van der Waals surface area contributed by atoms with E-state index in [1.54, 1.807) is 17.5 Å². The average Bonchev–Trinajstić information content (AvgIpc) is 2.98. The Labute approximate surface area is 115 Å². The van der Waals surface area contributed by atoms with E-state index in [0.717, 1.165) is 5.16 Å². The van der Waals surface area contributed by atoms with E-state index < -0.39 is 6.10 Å². The summed E-state index contributed by atoms with van der Waals surface area (Å²) in [4.78, 5) is 5.36. The molecule has 0 saturated carbocycles. The van der Waals surface area contributed by atoms with Crippen molar-refractivity contribution in [2.75, 3.05) is 12.4 Å². The van der Waals surface area contributed by atoms with Crippen LogP contribution in [0.2, 0.25) is 0 Å². The number of thioether (sulfide) groups is 1. The Morgan fingerprint density at radius 1 is 1.61 bits per heavy atom. The molecule has 0 saturated heterocycles. The summed E-state index contributed by atoms with van der Waals surface area (Å²) in [6.45, 7) is 0.928. The fourth-order valence-electron chi connectivity index (χ4n) is 1.40. The lowest BCUT2D eigenvalue weighted by Gasteiger charge is -2.10. The normalized spacial score (nSPS) is 12.8. The number of hydrogen-bond donors (Lipinski definition) is 1. The minimum Gasteiger partial charge on any atom is -0.390 e. The second kappa shape index (κ2) is 6.94. The Hall–Kier alpha value is -0.820. The maximum Gasteiger partial charge on any atom is 0.167 e. The number of thiophene rings is 1. The summed E-state index contributed by atoms with van der Waals surface area (Å²) in [6.07, 6.45) is 3.18. The van der Waals surface area contributed by atoms with Gasteiger partial charge in [0.2, 0.25) is 0 Å². The van der Waals surface area contributed by atoms with Crippen LogP contribution in [0.4, 0.5) is 0 Å². The first-order valence-corrected chi connectivity index (χ1v) is 7.50. The van der Waals surface area contributed by atoms with Crippen molar-refractivity contribution in [2.45, 2.75) is 17.9 Å². The molecule has 0 spiro atoms. The molecule has 18 heavy (non-hydrogen) atoms. The van der Waals surface area contributed by atoms with Crippen molar-refractivity contribution in [2.24, 2.45) is 7.05 Å². The molecular weight excluding hydrogens is 268 g/mol. The zero-order chi connectivity index (χ0) is 12.8. The molecule has 0 bridgehead atoms. The molecule has 0 aliphatic carbocycles. The minimum atomic E-state index is -0.466. The Morgan fingerprint density at radius 2 is 2.50 bits per heavy atom. The molecule has 4 nitrogen and oxygen atoms in total. The van der Waals surface area contributed by atoms with Gasteiger partial charge in [0.25, 0.3) is 0 Å². The first kappa shape index (κ1) is 13.6. The van der Waals surface area contributed by atoms with Gasteiger partial charge in [-0.25, -0.2) is 4.98 Å². The number of hydrogen-bond acceptors (Lipinski definition) is 5. The predicted molar refractivity (Wildman–Crippen MR) is 73.9 cm³/mol. The van der Waals surface area contributed by atoms with E-state index in [1.165, 1.54) is 16.6 Å². The monoisotopic (exact) mass is 284 g/mol. The summed E-state index contributed by atoms with van der Waals surface area (Å²) in [5.41, 5.74) is 0. The van der Waals surface area contributed by atoms with E-state index in [0.29, 0.717) is 19.0 Å². The van der Waals surface area contributed by atoms with E-state index >= 15 is 0 Å². The zero-order valence-electron chi connectivity index (χ0n) is 10.2. The third-order valence-corrected chi connectivity index (χ3v) is 4.37. The second-order valence-electron chi connectivity index (χ2n) is 3.88. The molecule has 0 aromatic carbocycles. The van der Waals surface area contributed by atoms with Crippen LogP contribution in [-0.2, 0) is 18.4 Å². The molecule has 0 radical (unpaired) electrons. The van der Waals surface area contributed by atoms with Crippen molar-refractivity contribution >= 4 is 23.1 Å². The standard InChI is InChI=1S/C12H16N2O2S2/c1-14-5-4-13-12(14)18-9-10(15)7-16-8-11-3-2-6-17-11/h2-6,10,15H,7-9H2,1H3. The molecule has 2 aromatic rings. The molecule has 98 valence electrons. The van der Waals surface area contributed by atoms with Gasteiger partial charge in [0.05, 0.1) is 19.3 Å². The first-order valence-electron chi connectivity index (χ1n) is 5.64. The Balaban J connectivity index is 1.63. The number of aryl methyl sites for hydroxylation is 1. The van der Waals surface area contributed by atoms with Gasteiger partial charge in [-0.1, -0.05) is 17.8 Å². The van der Waals surface area contributed by atoms with Gasteiger partial charge in [-0.15, -0.1) is 11.3 Å². The van der Waals surface area contributed by atoms with Crippen LogP contribution in [-0.4, -0.2) is 33.1 Å². The molecule has 2 heterocycles. The van der Waals surface area contributed by atoms with Crippen LogP contribution in [0, 0.1) is 0 Å². The highest BCUT2D eigenvalue weighted by Crippen LogP contribution is 2.16. The first-order chi connectivity index (χ1) is 8.75. The number of aliphatic hydroxyl groups excluding tert-OH is 1. The largest absolute Gasteiger partial charge is 0.390 e. The smallest absolute Gasteiger partial charge is 0.167 e. The third kappa shape index (κ3) is 4.13. The molecule has 0 aliphatic rings. The maximum atomic E-state index is 9.79. The van der Waals surface area contributed by atoms with E-state index in [1.807, 2.05) is 35.3 Å². The minimum absolute atomic E-state index is 0.356. The number of ether oxygens (including phenoxy) is 1. The van der Waals surface area contributed by atoms with Crippen molar-refractivity contribution in [3.05, 3.63) is 34.8 Å². The fourth-order valence-corrected chi connectivity index (χ4v) is 2.88. The SMILES string of the molecule is Cn1ccnc1SCC(O)COCc1cccs1. The van der Waals surface area contributed by atoms with E-state index in [4.69, 9.17) is 4.74 Å². The number of aliphatic hydroxyl groups is 1. The lowest BCUT2D eigenvalue weighted by Crippen LogP contribution is -2.18. The summed E-state index contributed by atoms with van der Waals surface area (Å²) in [5, 5.41) is 12.7. The number of nitrogens with zero attached hydrogens (tertiary/aromatic N) is 2. The molecule has 2 aromatic heterocycles. The molecule has 2 rings (SSSR count). The van der Waals surface area contributed by atoms with E-state index in [9.17, 15) is 5.11 Å². The van der Waals surface area contributed by atoms with Gasteiger partial charge in [0, 0.05) is 30.1 Å². The topological polar surface area (TPSA) is 47.3 Å². The average molecular weight is 284 g/mol. The second-order valence-corrected chi connectivity index (χ2v) is 5.90. The summed E-state index contributed by atoms with van der Waals surface area (Å²) in [6, 6.07) is 4.02. The lowest BCUT2D eigenvalue weighted by molar-refractivity contribution is 0.0409. The summed E-state index contributed by atoms with van der Waals surface area (Å²) in [7, 11) is 1.94. The van der Waals surface area contributed by atoms with Crippen LogP contribution in [0.1, 0.15) is 4.88 Å². The fraction of sp³-hybridized carbons (Fsp3) is 0.417. The summed E-state index contributed by atoms with van der Waals surface area (Å²) >= 11 is 3.20. The Bertz CT molecular complexity index is 456. The van der Waals surface area contributed by atoms with Crippen molar-refractivity contribution in [1.82, 2.24) is 9.55 Å². The van der Waals surface area contributed by atoms with Crippen molar-refractivity contribution < 1.29 is 9.84 Å². The van der Waals surface area contributed by atoms with Gasteiger partial charge in [0.1, 0.15) is 0 Å². The van der Waals surface area contributed by atoms with Crippen LogP contribution >= 0.6 is 23.1 Å². The maximum absolute atomic E-state index is 9.79. The molecule has 1 unspecified atom stereocenters. The van der Waals surface area contributed by atoms with Crippen LogP contribution in [0.5, 0.6) is 0 Å². The Morgan fingerprint density at radius 3 is 3.17 bits per heavy atom. The van der Waals surface area contributed by atoms with Crippen molar-refractivity contribution in [3.63, 3.8) is 0 Å². The van der Waals surface area contributed by atoms with E-state index in [2.05, 4.69) is 4.98 Å².